The van der Waals surface area contributed by atoms with Crippen LogP contribution in [0.2, 0.25) is 5.02 Å². The van der Waals surface area contributed by atoms with Crippen molar-refractivity contribution >= 4 is 23.5 Å². The lowest BCUT2D eigenvalue weighted by Gasteiger charge is -2.27. The lowest BCUT2D eigenvalue weighted by molar-refractivity contribution is -0.145. The Labute approximate surface area is 129 Å². The minimum atomic E-state index is -1.03. The molecule has 0 aliphatic heterocycles. The molecule has 1 aromatic rings. The van der Waals surface area contributed by atoms with E-state index < -0.39 is 5.97 Å². The van der Waals surface area contributed by atoms with Gasteiger partial charge >= 0.3 is 5.97 Å². The Morgan fingerprint density at radius 3 is 2.62 bits per heavy atom. The fourth-order valence-electron chi connectivity index (χ4n) is 2.01. The summed E-state index contributed by atoms with van der Waals surface area (Å²) in [6.07, 6.45) is 0.743. The maximum Gasteiger partial charge on any atom is 0.323 e. The molecule has 116 valence electrons. The van der Waals surface area contributed by atoms with Gasteiger partial charge in [-0.2, -0.15) is 0 Å². The smallest absolute Gasteiger partial charge is 0.323 e. The monoisotopic (exact) mass is 313 g/mol. The van der Waals surface area contributed by atoms with Gasteiger partial charge in [-0.15, -0.1) is 0 Å². The Morgan fingerprint density at radius 2 is 2.10 bits per heavy atom. The van der Waals surface area contributed by atoms with Gasteiger partial charge in [0.25, 0.3) is 0 Å². The van der Waals surface area contributed by atoms with E-state index in [4.69, 9.17) is 21.4 Å². The third-order valence-corrected chi connectivity index (χ3v) is 3.57. The molecule has 1 amide bonds. The Morgan fingerprint density at radius 1 is 1.43 bits per heavy atom. The Balaban J connectivity index is 2.95. The number of ether oxygens (including phenoxy) is 1. The number of carbonyl (C=O) groups excluding carboxylic acids is 1. The molecule has 1 unspecified atom stereocenters. The summed E-state index contributed by atoms with van der Waals surface area (Å²) in [5, 5.41) is 9.45. The van der Waals surface area contributed by atoms with Crippen LogP contribution in [0.4, 0.5) is 0 Å². The van der Waals surface area contributed by atoms with Crippen LogP contribution in [-0.4, -0.2) is 41.6 Å². The van der Waals surface area contributed by atoms with Crippen molar-refractivity contribution in [1.29, 1.82) is 0 Å². The van der Waals surface area contributed by atoms with Gasteiger partial charge in [0.05, 0.1) is 13.5 Å². The molecule has 0 saturated heterocycles. The number of amides is 1. The van der Waals surface area contributed by atoms with Crippen molar-refractivity contribution in [3.05, 3.63) is 28.8 Å². The molecule has 1 atom stereocenters. The first kappa shape index (κ1) is 17.3. The number of methoxy groups -OCH3 is 1. The number of hydrogen-bond donors (Lipinski definition) is 1. The van der Waals surface area contributed by atoms with Crippen LogP contribution in [0.1, 0.15) is 25.8 Å². The lowest BCUT2D eigenvalue weighted by Crippen LogP contribution is -2.42. The second-order valence-corrected chi connectivity index (χ2v) is 5.24. The second-order valence-electron chi connectivity index (χ2n) is 4.81. The van der Waals surface area contributed by atoms with Gasteiger partial charge in [0.15, 0.2) is 0 Å². The number of benzene rings is 1. The zero-order valence-corrected chi connectivity index (χ0v) is 13.2. The zero-order chi connectivity index (χ0) is 16.0. The van der Waals surface area contributed by atoms with Crippen molar-refractivity contribution in [1.82, 2.24) is 4.90 Å². The summed E-state index contributed by atoms with van der Waals surface area (Å²) in [6.45, 7) is 3.43. The number of carbonyl (C=O) groups is 2. The molecule has 5 nitrogen and oxygen atoms in total. The Kier molecular flexibility index (Phi) is 6.49. The topological polar surface area (TPSA) is 66.8 Å². The van der Waals surface area contributed by atoms with Crippen molar-refractivity contribution in [3.63, 3.8) is 0 Å². The summed E-state index contributed by atoms with van der Waals surface area (Å²) in [5.41, 5.74) is 0.647. The number of hydrogen-bond acceptors (Lipinski definition) is 3. The normalized spacial score (nSPS) is 11.8. The third kappa shape index (κ3) is 4.93. The summed E-state index contributed by atoms with van der Waals surface area (Å²) < 4.78 is 5.20. The minimum Gasteiger partial charge on any atom is -0.496 e. The SMILES string of the molecule is CCC(C)N(CC(=O)O)C(=O)Cc1cc(Cl)ccc1OC. The van der Waals surface area contributed by atoms with Gasteiger partial charge in [-0.05, 0) is 31.5 Å². The van der Waals surface area contributed by atoms with Crippen molar-refractivity contribution in [3.8, 4) is 5.75 Å². The van der Waals surface area contributed by atoms with Crippen molar-refractivity contribution in [2.45, 2.75) is 32.7 Å². The quantitative estimate of drug-likeness (QED) is 0.840. The lowest BCUT2D eigenvalue weighted by atomic mass is 10.1. The molecule has 1 N–H and O–H groups in total. The molecule has 0 saturated carbocycles. The van der Waals surface area contributed by atoms with E-state index in [0.29, 0.717) is 22.8 Å². The number of nitrogens with zero attached hydrogens (tertiary/aromatic N) is 1. The van der Waals surface area contributed by atoms with E-state index >= 15 is 0 Å². The predicted molar refractivity (Wildman–Crippen MR) is 80.8 cm³/mol. The summed E-state index contributed by atoms with van der Waals surface area (Å²) in [7, 11) is 1.51. The van der Waals surface area contributed by atoms with Crippen LogP contribution in [-0.2, 0) is 16.0 Å². The standard InChI is InChI=1S/C15H20ClNO4/c1-4-10(2)17(9-15(19)20)14(18)8-11-7-12(16)5-6-13(11)21-3/h5-7,10H,4,8-9H2,1-3H3,(H,19,20). The molecule has 0 bridgehead atoms. The van der Waals surface area contributed by atoms with E-state index in [0.717, 1.165) is 0 Å². The predicted octanol–water partition coefficient (Wildman–Crippen LogP) is 2.60. The van der Waals surface area contributed by atoms with Crippen LogP contribution >= 0.6 is 11.6 Å². The van der Waals surface area contributed by atoms with Crippen LogP contribution in [0.25, 0.3) is 0 Å². The molecule has 21 heavy (non-hydrogen) atoms. The minimum absolute atomic E-state index is 0.0569. The molecule has 0 radical (unpaired) electrons. The van der Waals surface area contributed by atoms with Gasteiger partial charge in [0, 0.05) is 16.6 Å². The van der Waals surface area contributed by atoms with Gasteiger partial charge in [0.2, 0.25) is 5.91 Å². The van der Waals surface area contributed by atoms with Gasteiger partial charge < -0.3 is 14.7 Å². The maximum absolute atomic E-state index is 12.4. The molecular formula is C15H20ClNO4. The van der Waals surface area contributed by atoms with Crippen LogP contribution in [0.5, 0.6) is 5.75 Å². The van der Waals surface area contributed by atoms with Crippen molar-refractivity contribution < 1.29 is 19.4 Å². The molecule has 0 aromatic heterocycles. The number of aliphatic carboxylic acids is 1. The van der Waals surface area contributed by atoms with Gasteiger partial charge in [0.1, 0.15) is 12.3 Å². The third-order valence-electron chi connectivity index (χ3n) is 3.33. The van der Waals surface area contributed by atoms with Crippen LogP contribution in [0.15, 0.2) is 18.2 Å². The first-order valence-electron chi connectivity index (χ1n) is 6.72. The first-order chi connectivity index (χ1) is 9.88. The van der Waals surface area contributed by atoms with Gasteiger partial charge in [-0.1, -0.05) is 18.5 Å². The van der Waals surface area contributed by atoms with Crippen LogP contribution in [0, 0.1) is 0 Å². The van der Waals surface area contributed by atoms with E-state index in [1.54, 1.807) is 18.2 Å². The summed E-state index contributed by atoms with van der Waals surface area (Å²) >= 11 is 5.94. The van der Waals surface area contributed by atoms with E-state index in [2.05, 4.69) is 0 Å². The largest absolute Gasteiger partial charge is 0.496 e. The molecule has 0 fully saturated rings. The van der Waals surface area contributed by atoms with Gasteiger partial charge in [-0.25, -0.2) is 0 Å². The molecule has 0 aliphatic rings. The molecule has 1 aromatic carbocycles. The van der Waals surface area contributed by atoms with Crippen LogP contribution in [0.3, 0.4) is 0 Å². The van der Waals surface area contributed by atoms with Crippen molar-refractivity contribution in [2.75, 3.05) is 13.7 Å². The molecule has 6 heteroatoms. The average molecular weight is 314 g/mol. The highest BCUT2D eigenvalue weighted by molar-refractivity contribution is 6.30. The highest BCUT2D eigenvalue weighted by Crippen LogP contribution is 2.24. The van der Waals surface area contributed by atoms with Gasteiger partial charge in [-0.3, -0.25) is 9.59 Å². The summed E-state index contributed by atoms with van der Waals surface area (Å²) in [4.78, 5) is 24.7. The highest BCUT2D eigenvalue weighted by Gasteiger charge is 2.22. The fourth-order valence-corrected chi connectivity index (χ4v) is 2.20. The molecule has 0 aliphatic carbocycles. The van der Waals surface area contributed by atoms with E-state index in [1.165, 1.54) is 12.0 Å². The Hall–Kier alpha value is -1.75. The van der Waals surface area contributed by atoms with E-state index in [1.807, 2.05) is 13.8 Å². The average Bonchev–Trinajstić information content (AvgIpc) is 2.44. The maximum atomic E-state index is 12.4. The number of carboxylic acids is 1. The number of carboxylic acid groups (broad SMARTS) is 1. The zero-order valence-electron chi connectivity index (χ0n) is 12.4. The fraction of sp³-hybridized carbons (Fsp3) is 0.467. The first-order valence-corrected chi connectivity index (χ1v) is 7.10. The number of rotatable bonds is 7. The van der Waals surface area contributed by atoms with E-state index in [-0.39, 0.29) is 24.9 Å². The second kappa shape index (κ2) is 7.88. The molecule has 0 heterocycles. The van der Waals surface area contributed by atoms with Crippen LogP contribution < -0.4 is 4.74 Å². The molecule has 1 rings (SSSR count). The van der Waals surface area contributed by atoms with E-state index in [9.17, 15) is 9.59 Å². The Bertz CT molecular complexity index is 518. The van der Waals surface area contributed by atoms with Crippen molar-refractivity contribution in [2.24, 2.45) is 0 Å². The number of halogens is 1. The highest BCUT2D eigenvalue weighted by atomic mass is 35.5. The summed E-state index contributed by atoms with van der Waals surface area (Å²) in [6, 6.07) is 4.89. The molecule has 0 spiro atoms. The summed E-state index contributed by atoms with van der Waals surface area (Å²) in [5.74, 6) is -0.721. The molecular weight excluding hydrogens is 294 g/mol.